The van der Waals surface area contributed by atoms with Crippen molar-refractivity contribution in [1.29, 1.82) is 0 Å². The first kappa shape index (κ1) is 15.7. The molecule has 0 bridgehead atoms. The van der Waals surface area contributed by atoms with Crippen LogP contribution in [0.1, 0.15) is 42.9 Å². The molecule has 3 heterocycles. The molecule has 0 aliphatic heterocycles. The normalized spacial score (nSPS) is 14.9. The van der Waals surface area contributed by atoms with Gasteiger partial charge in [-0.25, -0.2) is 4.98 Å². The molecule has 1 saturated carbocycles. The van der Waals surface area contributed by atoms with Gasteiger partial charge in [-0.3, -0.25) is 14.3 Å². The largest absolute Gasteiger partial charge is 0.350 e. The summed E-state index contributed by atoms with van der Waals surface area (Å²) in [5.74, 6) is 0.543. The van der Waals surface area contributed by atoms with E-state index < -0.39 is 0 Å². The second-order valence-corrected chi connectivity index (χ2v) is 6.61. The summed E-state index contributed by atoms with van der Waals surface area (Å²) in [6.45, 7) is 2.56. The number of rotatable bonds is 4. The van der Waals surface area contributed by atoms with Crippen molar-refractivity contribution >= 4 is 17.0 Å². The highest BCUT2D eigenvalue weighted by Crippen LogP contribution is 2.30. The Morgan fingerprint density at radius 1 is 1.24 bits per heavy atom. The fraction of sp³-hybridized carbons (Fsp3) is 0.368. The van der Waals surface area contributed by atoms with Crippen molar-refractivity contribution < 1.29 is 0 Å². The van der Waals surface area contributed by atoms with Crippen LogP contribution in [-0.4, -0.2) is 19.5 Å². The molecule has 1 aliphatic rings. The average molecular weight is 335 g/mol. The van der Waals surface area contributed by atoms with Crippen LogP contribution in [0.15, 0.2) is 41.6 Å². The predicted molar refractivity (Wildman–Crippen MR) is 97.6 cm³/mol. The molecule has 0 radical (unpaired) electrons. The molecule has 0 unspecified atom stereocenters. The SMILES string of the molecule is Cc1cc(=O)n(C2CCCC2)c2nc(NCc3ccncc3)ncc12. The van der Waals surface area contributed by atoms with Gasteiger partial charge < -0.3 is 5.32 Å². The Bertz CT molecular complexity index is 945. The van der Waals surface area contributed by atoms with Gasteiger partial charge in [0, 0.05) is 42.6 Å². The second-order valence-electron chi connectivity index (χ2n) is 6.61. The van der Waals surface area contributed by atoms with Gasteiger partial charge in [0.1, 0.15) is 5.65 Å². The van der Waals surface area contributed by atoms with E-state index in [1.54, 1.807) is 18.5 Å². The third-order valence-corrected chi connectivity index (χ3v) is 4.89. The molecular weight excluding hydrogens is 314 g/mol. The summed E-state index contributed by atoms with van der Waals surface area (Å²) in [4.78, 5) is 25.7. The third-order valence-electron chi connectivity index (χ3n) is 4.89. The topological polar surface area (TPSA) is 72.7 Å². The highest BCUT2D eigenvalue weighted by molar-refractivity contribution is 5.79. The molecule has 128 valence electrons. The van der Waals surface area contributed by atoms with Crippen LogP contribution >= 0.6 is 0 Å². The Balaban J connectivity index is 1.73. The van der Waals surface area contributed by atoms with Crippen LogP contribution < -0.4 is 10.9 Å². The van der Waals surface area contributed by atoms with Gasteiger partial charge >= 0.3 is 0 Å². The Hall–Kier alpha value is -2.76. The minimum absolute atomic E-state index is 0.0377. The highest BCUT2D eigenvalue weighted by atomic mass is 16.1. The molecule has 1 N–H and O–H groups in total. The number of nitrogens with one attached hydrogen (secondary N) is 1. The van der Waals surface area contributed by atoms with E-state index in [1.165, 1.54) is 12.8 Å². The number of pyridine rings is 2. The van der Waals surface area contributed by atoms with Crippen molar-refractivity contribution in [2.45, 2.75) is 45.2 Å². The molecule has 0 atom stereocenters. The Morgan fingerprint density at radius 3 is 2.76 bits per heavy atom. The summed E-state index contributed by atoms with van der Waals surface area (Å²) in [5.41, 5.74) is 2.81. The first-order valence-electron chi connectivity index (χ1n) is 8.74. The van der Waals surface area contributed by atoms with E-state index in [-0.39, 0.29) is 11.6 Å². The van der Waals surface area contributed by atoms with Crippen molar-refractivity contribution in [2.24, 2.45) is 0 Å². The molecule has 0 aromatic carbocycles. The fourth-order valence-electron chi connectivity index (χ4n) is 3.55. The summed E-state index contributed by atoms with van der Waals surface area (Å²) in [6, 6.07) is 5.85. The van der Waals surface area contributed by atoms with E-state index in [0.29, 0.717) is 12.5 Å². The number of aromatic nitrogens is 4. The van der Waals surface area contributed by atoms with E-state index in [4.69, 9.17) is 0 Å². The lowest BCUT2D eigenvalue weighted by atomic mass is 10.1. The van der Waals surface area contributed by atoms with Crippen LogP contribution in [0.2, 0.25) is 0 Å². The molecular formula is C19H21N5O. The monoisotopic (exact) mass is 335 g/mol. The first-order valence-corrected chi connectivity index (χ1v) is 8.74. The van der Waals surface area contributed by atoms with Gasteiger partial charge in [0.05, 0.1) is 0 Å². The summed E-state index contributed by atoms with van der Waals surface area (Å²) in [6.07, 6.45) is 9.77. The molecule has 0 spiro atoms. The van der Waals surface area contributed by atoms with Crippen LogP contribution in [0.5, 0.6) is 0 Å². The van der Waals surface area contributed by atoms with Gasteiger partial charge in [0.2, 0.25) is 5.95 Å². The minimum atomic E-state index is 0.0377. The number of fused-ring (bicyclic) bond motifs is 1. The van der Waals surface area contributed by atoms with E-state index >= 15 is 0 Å². The van der Waals surface area contributed by atoms with Crippen molar-refractivity contribution in [2.75, 3.05) is 5.32 Å². The zero-order valence-electron chi connectivity index (χ0n) is 14.3. The molecule has 0 saturated heterocycles. The summed E-state index contributed by atoms with van der Waals surface area (Å²) in [5, 5.41) is 4.19. The van der Waals surface area contributed by atoms with Crippen LogP contribution in [0.3, 0.4) is 0 Å². The van der Waals surface area contributed by atoms with E-state index in [1.807, 2.05) is 29.8 Å². The quantitative estimate of drug-likeness (QED) is 0.792. The number of hydrogen-bond acceptors (Lipinski definition) is 5. The van der Waals surface area contributed by atoms with Crippen LogP contribution in [0.4, 0.5) is 5.95 Å². The molecule has 6 heteroatoms. The van der Waals surface area contributed by atoms with Gasteiger partial charge in [-0.2, -0.15) is 4.98 Å². The Morgan fingerprint density at radius 2 is 2.00 bits per heavy atom. The zero-order chi connectivity index (χ0) is 17.2. The van der Waals surface area contributed by atoms with E-state index in [2.05, 4.69) is 20.3 Å². The fourth-order valence-corrected chi connectivity index (χ4v) is 3.55. The number of hydrogen-bond donors (Lipinski definition) is 1. The average Bonchev–Trinajstić information content (AvgIpc) is 3.15. The van der Waals surface area contributed by atoms with E-state index in [9.17, 15) is 4.79 Å². The molecule has 3 aromatic heterocycles. The summed E-state index contributed by atoms with van der Waals surface area (Å²) >= 11 is 0. The van der Waals surface area contributed by atoms with Crippen molar-refractivity contribution in [3.63, 3.8) is 0 Å². The molecule has 1 aliphatic carbocycles. The molecule has 3 aromatic rings. The van der Waals surface area contributed by atoms with Crippen molar-refractivity contribution in [3.05, 3.63) is 58.3 Å². The second kappa shape index (κ2) is 6.63. The van der Waals surface area contributed by atoms with E-state index in [0.717, 1.165) is 35.0 Å². The summed E-state index contributed by atoms with van der Waals surface area (Å²) < 4.78 is 1.87. The first-order chi connectivity index (χ1) is 12.2. The van der Waals surface area contributed by atoms with Gasteiger partial charge in [0.15, 0.2) is 0 Å². The standard InChI is InChI=1S/C19H21N5O/c1-13-10-17(25)24(15-4-2-3-5-15)18-16(13)12-22-19(23-18)21-11-14-6-8-20-9-7-14/h6-10,12,15H,2-5,11H2,1H3,(H,21,22,23). The van der Waals surface area contributed by atoms with Gasteiger partial charge in [-0.05, 0) is 43.0 Å². The van der Waals surface area contributed by atoms with Gasteiger partial charge in [-0.15, -0.1) is 0 Å². The van der Waals surface area contributed by atoms with Crippen LogP contribution in [-0.2, 0) is 6.54 Å². The maximum Gasteiger partial charge on any atom is 0.252 e. The lowest BCUT2D eigenvalue weighted by Crippen LogP contribution is -2.24. The molecule has 0 amide bonds. The lowest BCUT2D eigenvalue weighted by Gasteiger charge is -2.17. The van der Waals surface area contributed by atoms with Crippen LogP contribution in [0, 0.1) is 6.92 Å². The Kier molecular flexibility index (Phi) is 4.17. The zero-order valence-corrected chi connectivity index (χ0v) is 14.3. The third kappa shape index (κ3) is 3.12. The highest BCUT2D eigenvalue weighted by Gasteiger charge is 2.21. The van der Waals surface area contributed by atoms with Gasteiger partial charge in [0.25, 0.3) is 5.56 Å². The van der Waals surface area contributed by atoms with Crippen molar-refractivity contribution in [1.82, 2.24) is 19.5 Å². The maximum atomic E-state index is 12.6. The number of nitrogens with zero attached hydrogens (tertiary/aromatic N) is 4. The minimum Gasteiger partial charge on any atom is -0.350 e. The lowest BCUT2D eigenvalue weighted by molar-refractivity contribution is 0.515. The predicted octanol–water partition coefficient (Wildman–Crippen LogP) is 3.22. The molecule has 1 fully saturated rings. The molecule has 25 heavy (non-hydrogen) atoms. The molecule has 6 nitrogen and oxygen atoms in total. The summed E-state index contributed by atoms with van der Waals surface area (Å²) in [7, 11) is 0. The smallest absolute Gasteiger partial charge is 0.252 e. The van der Waals surface area contributed by atoms with Crippen molar-refractivity contribution in [3.8, 4) is 0 Å². The Labute approximate surface area is 146 Å². The van der Waals surface area contributed by atoms with Gasteiger partial charge in [-0.1, -0.05) is 12.8 Å². The number of anilines is 1. The van der Waals surface area contributed by atoms with Crippen LogP contribution in [0.25, 0.3) is 11.0 Å². The maximum absolute atomic E-state index is 12.6. The number of aryl methyl sites for hydroxylation is 1. The molecule has 4 rings (SSSR count).